The molecule has 2 aromatic rings. The minimum Gasteiger partial charge on any atom is -0.375 e. The van der Waals surface area contributed by atoms with E-state index in [-0.39, 0.29) is 0 Å². The van der Waals surface area contributed by atoms with Crippen molar-refractivity contribution < 1.29 is 9.30 Å². The van der Waals surface area contributed by atoms with Gasteiger partial charge in [0.25, 0.3) is 0 Å². The fourth-order valence-electron chi connectivity index (χ4n) is 1.63. The molecule has 2 nitrogen and oxygen atoms in total. The van der Waals surface area contributed by atoms with Crippen molar-refractivity contribution in [3.05, 3.63) is 42.7 Å². The highest BCUT2D eigenvalue weighted by molar-refractivity contribution is 5.80. The molecule has 0 saturated heterocycles. The van der Waals surface area contributed by atoms with E-state index < -0.39 is 0 Å². The van der Waals surface area contributed by atoms with Crippen LogP contribution in [0.2, 0.25) is 0 Å². The molecule has 15 heavy (non-hydrogen) atoms. The fraction of sp³-hybridized carbons (Fsp3) is 0.308. The average Bonchev–Trinajstić information content (AvgIpc) is 2.29. The lowest BCUT2D eigenvalue weighted by Crippen LogP contribution is -2.35. The molecule has 2 rings (SSSR count). The molecule has 0 N–H and O–H groups in total. The van der Waals surface area contributed by atoms with Crippen LogP contribution in [0.3, 0.4) is 0 Å². The lowest BCUT2D eigenvalue weighted by atomic mass is 10.2. The number of hydrogen-bond donors (Lipinski definition) is 0. The number of nitrogens with zero attached hydrogens (tertiary/aromatic N) is 1. The molecule has 0 radical (unpaired) electrons. The van der Waals surface area contributed by atoms with Crippen molar-refractivity contribution in [2.24, 2.45) is 0 Å². The second-order valence-corrected chi connectivity index (χ2v) is 3.51. The zero-order chi connectivity index (χ0) is 10.5. The smallest absolute Gasteiger partial charge is 0.176 e. The Morgan fingerprint density at radius 1 is 1.13 bits per heavy atom. The van der Waals surface area contributed by atoms with E-state index in [1.54, 1.807) is 0 Å². The summed E-state index contributed by atoms with van der Waals surface area (Å²) < 4.78 is 7.49. The molecule has 0 fully saturated rings. The maximum Gasteiger partial charge on any atom is 0.176 e. The fourth-order valence-corrected chi connectivity index (χ4v) is 1.63. The van der Waals surface area contributed by atoms with Gasteiger partial charge >= 0.3 is 0 Å². The highest BCUT2D eigenvalue weighted by Crippen LogP contribution is 2.09. The molecule has 0 aliphatic carbocycles. The Kier molecular flexibility index (Phi) is 3.30. The van der Waals surface area contributed by atoms with Crippen LogP contribution < -0.4 is 4.57 Å². The molecule has 1 aromatic carbocycles. The van der Waals surface area contributed by atoms with Gasteiger partial charge in [0.15, 0.2) is 18.9 Å². The Labute approximate surface area is 90.1 Å². The van der Waals surface area contributed by atoms with Crippen LogP contribution in [0.4, 0.5) is 0 Å². The average molecular weight is 202 g/mol. The maximum absolute atomic E-state index is 5.33. The van der Waals surface area contributed by atoms with Gasteiger partial charge in [0.1, 0.15) is 6.61 Å². The summed E-state index contributed by atoms with van der Waals surface area (Å²) in [6.07, 6.45) is 4.26. The van der Waals surface area contributed by atoms with E-state index in [0.717, 1.165) is 19.8 Å². The van der Waals surface area contributed by atoms with Gasteiger partial charge in [-0.2, -0.15) is 0 Å². The molecule has 1 heterocycles. The molecule has 0 bridgehead atoms. The summed E-state index contributed by atoms with van der Waals surface area (Å²) in [6, 6.07) is 10.5. The lowest BCUT2D eigenvalue weighted by Gasteiger charge is -1.99. The van der Waals surface area contributed by atoms with Crippen LogP contribution in [-0.4, -0.2) is 13.2 Å². The minimum absolute atomic E-state index is 0.777. The predicted octanol–water partition coefficient (Wildman–Crippen LogP) is 2.16. The van der Waals surface area contributed by atoms with E-state index >= 15 is 0 Å². The Morgan fingerprint density at radius 2 is 1.93 bits per heavy atom. The normalized spacial score (nSPS) is 10.7. The molecule has 0 unspecified atom stereocenters. The number of benzene rings is 1. The van der Waals surface area contributed by atoms with E-state index in [0.29, 0.717) is 0 Å². The SMILES string of the molecule is CCOCC[n+]1ccc2ccccc2c1. The molecule has 2 heteroatoms. The van der Waals surface area contributed by atoms with Crippen LogP contribution in [0.15, 0.2) is 42.7 Å². The van der Waals surface area contributed by atoms with Gasteiger partial charge in [-0.1, -0.05) is 18.2 Å². The molecule has 0 aliphatic rings. The van der Waals surface area contributed by atoms with Crippen LogP contribution in [0.1, 0.15) is 6.92 Å². The molecule has 0 saturated carbocycles. The zero-order valence-electron chi connectivity index (χ0n) is 9.02. The number of hydrogen-bond acceptors (Lipinski definition) is 1. The van der Waals surface area contributed by atoms with Crippen LogP contribution in [0.25, 0.3) is 10.8 Å². The third kappa shape index (κ3) is 2.54. The Hall–Kier alpha value is -1.41. The largest absolute Gasteiger partial charge is 0.375 e. The first-order chi connectivity index (χ1) is 7.40. The van der Waals surface area contributed by atoms with Gasteiger partial charge in [-0.25, -0.2) is 4.57 Å². The first-order valence-electron chi connectivity index (χ1n) is 5.36. The molecule has 1 aromatic heterocycles. The second-order valence-electron chi connectivity index (χ2n) is 3.51. The summed E-state index contributed by atoms with van der Waals surface area (Å²) in [6.45, 7) is 4.50. The summed E-state index contributed by atoms with van der Waals surface area (Å²) in [5, 5.41) is 2.56. The van der Waals surface area contributed by atoms with Crippen LogP contribution in [0, 0.1) is 0 Å². The van der Waals surface area contributed by atoms with Crippen molar-refractivity contribution in [1.29, 1.82) is 0 Å². The standard InChI is InChI=1S/C13H16NO/c1-2-15-10-9-14-8-7-12-5-3-4-6-13(12)11-14/h3-8,11H,2,9-10H2,1H3/q+1. The van der Waals surface area contributed by atoms with Crippen molar-refractivity contribution in [1.82, 2.24) is 0 Å². The number of rotatable bonds is 4. The second kappa shape index (κ2) is 4.89. The van der Waals surface area contributed by atoms with Crippen molar-refractivity contribution in [2.75, 3.05) is 13.2 Å². The van der Waals surface area contributed by atoms with Gasteiger partial charge in [-0.3, -0.25) is 0 Å². The molecule has 78 valence electrons. The molecule has 0 amide bonds. The van der Waals surface area contributed by atoms with Gasteiger partial charge in [0.2, 0.25) is 0 Å². The molecule has 0 spiro atoms. The van der Waals surface area contributed by atoms with Gasteiger partial charge in [-0.15, -0.1) is 0 Å². The number of pyridine rings is 1. The maximum atomic E-state index is 5.33. The molecule has 0 atom stereocenters. The Bertz CT molecular complexity index is 439. The van der Waals surface area contributed by atoms with Gasteiger partial charge in [-0.05, 0) is 18.4 Å². The molecular formula is C13H16NO+. The van der Waals surface area contributed by atoms with Gasteiger partial charge in [0.05, 0.1) is 0 Å². The van der Waals surface area contributed by atoms with Crippen LogP contribution in [-0.2, 0) is 11.3 Å². The number of ether oxygens (including phenoxy) is 1. The third-order valence-corrected chi connectivity index (χ3v) is 2.44. The molecular weight excluding hydrogens is 186 g/mol. The van der Waals surface area contributed by atoms with Crippen LogP contribution >= 0.6 is 0 Å². The summed E-state index contributed by atoms with van der Waals surface area (Å²) in [5.74, 6) is 0. The van der Waals surface area contributed by atoms with Gasteiger partial charge < -0.3 is 4.74 Å². The van der Waals surface area contributed by atoms with E-state index in [1.165, 1.54) is 10.8 Å². The first-order valence-corrected chi connectivity index (χ1v) is 5.36. The summed E-state index contributed by atoms with van der Waals surface area (Å²) in [7, 11) is 0. The van der Waals surface area contributed by atoms with Crippen LogP contribution in [0.5, 0.6) is 0 Å². The van der Waals surface area contributed by atoms with Crippen molar-refractivity contribution in [2.45, 2.75) is 13.5 Å². The zero-order valence-corrected chi connectivity index (χ0v) is 9.02. The minimum atomic E-state index is 0.777. The van der Waals surface area contributed by atoms with Crippen molar-refractivity contribution in [3.63, 3.8) is 0 Å². The predicted molar refractivity (Wildman–Crippen MR) is 60.6 cm³/mol. The highest BCUT2D eigenvalue weighted by Gasteiger charge is 2.01. The number of aromatic nitrogens is 1. The monoisotopic (exact) mass is 202 g/mol. The third-order valence-electron chi connectivity index (χ3n) is 2.44. The van der Waals surface area contributed by atoms with E-state index in [2.05, 4.69) is 47.3 Å². The van der Waals surface area contributed by atoms with E-state index in [9.17, 15) is 0 Å². The summed E-state index contributed by atoms with van der Waals surface area (Å²) in [5.41, 5.74) is 0. The van der Waals surface area contributed by atoms with Crippen molar-refractivity contribution >= 4 is 10.8 Å². The number of fused-ring (bicyclic) bond motifs is 1. The topological polar surface area (TPSA) is 13.1 Å². The summed E-state index contributed by atoms with van der Waals surface area (Å²) >= 11 is 0. The molecule has 0 aliphatic heterocycles. The Morgan fingerprint density at radius 3 is 2.73 bits per heavy atom. The first kappa shape index (κ1) is 10.1. The van der Waals surface area contributed by atoms with Crippen molar-refractivity contribution in [3.8, 4) is 0 Å². The van der Waals surface area contributed by atoms with E-state index in [1.807, 2.05) is 6.92 Å². The quantitative estimate of drug-likeness (QED) is 0.547. The summed E-state index contributed by atoms with van der Waals surface area (Å²) in [4.78, 5) is 0. The highest BCUT2D eigenvalue weighted by atomic mass is 16.5. The van der Waals surface area contributed by atoms with E-state index in [4.69, 9.17) is 4.74 Å². The Balaban J connectivity index is 2.16. The lowest BCUT2D eigenvalue weighted by molar-refractivity contribution is -0.697. The van der Waals surface area contributed by atoms with Gasteiger partial charge in [0, 0.05) is 18.1 Å².